The summed E-state index contributed by atoms with van der Waals surface area (Å²) in [6.45, 7) is 13.9. The van der Waals surface area contributed by atoms with Crippen LogP contribution in [0.2, 0.25) is 38.3 Å². The smallest absolute Gasteiger partial charge is 0.245 e. The van der Waals surface area contributed by atoms with Gasteiger partial charge in [-0.1, -0.05) is 146 Å². The Morgan fingerprint density at radius 2 is 0.685 bits per heavy atom. The highest BCUT2D eigenvalue weighted by atomic mass is 31.1. The second-order valence-electron chi connectivity index (χ2n) is 15.1. The Hall–Kier alpha value is -4.19. The van der Waals surface area contributed by atoms with Gasteiger partial charge in [0.05, 0.1) is 27.5 Å². The van der Waals surface area contributed by atoms with Crippen LogP contribution in [0.4, 0.5) is 11.4 Å². The van der Waals surface area contributed by atoms with Gasteiger partial charge in [0.25, 0.3) is 0 Å². The molecule has 0 radical (unpaired) electrons. The number of benzene rings is 6. The largest absolute Gasteiger partial charge is 0.543 e. The Kier molecular flexibility index (Phi) is 12.8. The molecule has 8 heteroatoms. The van der Waals surface area contributed by atoms with Crippen LogP contribution in [0, 0.1) is 13.8 Å². The molecule has 0 unspecified atom stereocenters. The topological polar surface area (TPSA) is 24.9 Å². The average molecular weight is 785 g/mol. The van der Waals surface area contributed by atoms with E-state index in [4.69, 9.17) is 8.85 Å². The molecule has 6 aromatic carbocycles. The molecule has 0 aromatic heterocycles. The molecule has 0 amide bonds. The summed E-state index contributed by atoms with van der Waals surface area (Å²) < 4.78 is 19.3. The fourth-order valence-electron chi connectivity index (χ4n) is 7.03. The molecule has 0 N–H and O–H groups in total. The molecule has 6 aromatic rings. The van der Waals surface area contributed by atoms with Crippen LogP contribution < -0.4 is 39.4 Å². The summed E-state index contributed by atoms with van der Waals surface area (Å²) in [6.07, 6.45) is 0. The van der Waals surface area contributed by atoms with Crippen molar-refractivity contribution < 1.29 is 8.85 Å². The van der Waals surface area contributed by atoms with Crippen molar-refractivity contribution in [1.29, 1.82) is 0 Å². The Morgan fingerprint density at radius 1 is 0.407 bits per heavy atom. The Morgan fingerprint density at radius 3 is 0.963 bits per heavy atom. The molecule has 6 rings (SSSR count). The maximum Gasteiger partial charge on any atom is 0.245 e. The highest BCUT2D eigenvalue weighted by molar-refractivity contribution is 7.74. The minimum atomic E-state index is -2.19. The number of hydrogen-bond donors (Lipinski definition) is 0. The van der Waals surface area contributed by atoms with Crippen molar-refractivity contribution in [2.45, 2.75) is 52.1 Å². The summed E-state index contributed by atoms with van der Waals surface area (Å²) in [5.41, 5.74) is 4.79. The highest BCUT2D eigenvalue weighted by Crippen LogP contribution is 2.48. The summed E-state index contributed by atoms with van der Waals surface area (Å²) in [5.74, 6) is 1.96. The van der Waals surface area contributed by atoms with Crippen LogP contribution >= 0.6 is 16.1 Å². The van der Waals surface area contributed by atoms with Crippen molar-refractivity contribution >= 4 is 65.4 Å². The van der Waals surface area contributed by atoms with Crippen LogP contribution in [0.5, 0.6) is 11.5 Å². The molecular weight excluding hydrogens is 731 g/mol. The van der Waals surface area contributed by atoms with Gasteiger partial charge in [-0.2, -0.15) is 0 Å². The molecule has 0 heterocycles. The number of hydrogen-bond acceptors (Lipinski definition) is 4. The molecule has 0 bridgehead atoms. The second kappa shape index (κ2) is 17.5. The minimum Gasteiger partial charge on any atom is -0.543 e. The molecule has 0 fully saturated rings. The van der Waals surface area contributed by atoms with Crippen molar-refractivity contribution in [3.05, 3.63) is 169 Å². The molecule has 0 spiro atoms. The van der Waals surface area contributed by atoms with Crippen LogP contribution in [0.25, 0.3) is 0 Å². The standard InChI is InChI=1S/C46H54N2O2P2Si2/c1-37-23-21-33-43(45(37)47(3)51(39-25-13-9-14-26-39)40-27-15-10-16-28-40)49-53(5,6)35-36-54(7,8)50-44-34-22-24-38(2)46(44)48(4)52(41-29-17-11-18-30-41)42-31-19-12-20-32-42/h9-34H,35-36H2,1-8H3. The summed E-state index contributed by atoms with van der Waals surface area (Å²) >= 11 is 0. The molecular formula is C46H54N2O2P2Si2. The van der Waals surface area contributed by atoms with E-state index in [1.165, 1.54) is 43.7 Å². The quantitative estimate of drug-likeness (QED) is 0.0765. The highest BCUT2D eigenvalue weighted by Gasteiger charge is 2.35. The molecule has 0 aliphatic heterocycles. The van der Waals surface area contributed by atoms with Crippen LogP contribution in [0.15, 0.2) is 158 Å². The Labute approximate surface area is 328 Å². The maximum atomic E-state index is 7.18. The Bertz CT molecular complexity index is 1870. The lowest BCUT2D eigenvalue weighted by atomic mass is 10.2. The lowest BCUT2D eigenvalue weighted by molar-refractivity contribution is 0.534. The van der Waals surface area contributed by atoms with Gasteiger partial charge in [-0.3, -0.25) is 0 Å². The van der Waals surface area contributed by atoms with Gasteiger partial charge in [0.15, 0.2) is 0 Å². The van der Waals surface area contributed by atoms with Gasteiger partial charge in [0, 0.05) is 35.3 Å². The zero-order chi connectivity index (χ0) is 38.3. The zero-order valence-corrected chi connectivity index (χ0v) is 36.8. The third-order valence-electron chi connectivity index (χ3n) is 9.75. The molecule has 278 valence electrons. The van der Waals surface area contributed by atoms with E-state index in [1.54, 1.807) is 0 Å². The first kappa shape index (κ1) is 39.5. The first-order valence-corrected chi connectivity index (χ1v) is 27.6. The lowest BCUT2D eigenvalue weighted by Gasteiger charge is -2.36. The van der Waals surface area contributed by atoms with Crippen LogP contribution in [-0.2, 0) is 0 Å². The summed E-state index contributed by atoms with van der Waals surface area (Å²) in [5, 5.41) is 5.27. The van der Waals surface area contributed by atoms with Crippen LogP contribution in [0.3, 0.4) is 0 Å². The Balaban J connectivity index is 1.23. The van der Waals surface area contributed by atoms with Gasteiger partial charge < -0.3 is 18.2 Å². The van der Waals surface area contributed by atoms with Crippen molar-refractivity contribution in [2.75, 3.05) is 23.4 Å². The van der Waals surface area contributed by atoms with Gasteiger partial charge in [-0.05, 0) is 75.4 Å². The van der Waals surface area contributed by atoms with E-state index in [-0.39, 0.29) is 0 Å². The molecule has 54 heavy (non-hydrogen) atoms. The van der Waals surface area contributed by atoms with Crippen molar-refractivity contribution in [3.8, 4) is 11.5 Å². The number of anilines is 2. The van der Waals surface area contributed by atoms with Crippen LogP contribution in [-0.4, -0.2) is 30.7 Å². The van der Waals surface area contributed by atoms with Crippen molar-refractivity contribution in [1.82, 2.24) is 0 Å². The predicted molar refractivity (Wildman–Crippen MR) is 243 cm³/mol. The predicted octanol–water partition coefficient (Wildman–Crippen LogP) is 11.1. The molecule has 0 atom stereocenters. The van der Waals surface area contributed by atoms with E-state index < -0.39 is 32.8 Å². The third kappa shape index (κ3) is 9.54. The van der Waals surface area contributed by atoms with E-state index in [9.17, 15) is 0 Å². The van der Waals surface area contributed by atoms with Gasteiger partial charge in [-0.15, -0.1) is 0 Å². The van der Waals surface area contributed by atoms with E-state index in [0.29, 0.717) is 0 Å². The molecule has 0 saturated heterocycles. The number of aryl methyl sites for hydroxylation is 2. The van der Waals surface area contributed by atoms with Crippen molar-refractivity contribution in [2.24, 2.45) is 0 Å². The van der Waals surface area contributed by atoms with E-state index in [1.807, 2.05) is 0 Å². The van der Waals surface area contributed by atoms with Gasteiger partial charge in [0.2, 0.25) is 16.6 Å². The average Bonchev–Trinajstić information content (AvgIpc) is 3.16. The van der Waals surface area contributed by atoms with E-state index in [0.717, 1.165) is 23.6 Å². The fraction of sp³-hybridized carbons (Fsp3) is 0.217. The van der Waals surface area contributed by atoms with Crippen molar-refractivity contribution in [3.63, 3.8) is 0 Å². The van der Waals surface area contributed by atoms with E-state index >= 15 is 0 Å². The molecule has 4 nitrogen and oxygen atoms in total. The number of nitrogens with zero attached hydrogens (tertiary/aromatic N) is 2. The number of para-hydroxylation sites is 2. The minimum absolute atomic E-state index is 0.810. The lowest BCUT2D eigenvalue weighted by Crippen LogP contribution is -2.41. The maximum absolute atomic E-state index is 7.18. The van der Waals surface area contributed by atoms with Crippen LogP contribution in [0.1, 0.15) is 11.1 Å². The number of rotatable bonds is 15. The monoisotopic (exact) mass is 784 g/mol. The first-order valence-electron chi connectivity index (χ1n) is 18.8. The molecule has 0 saturated carbocycles. The summed E-state index contributed by atoms with van der Waals surface area (Å²) in [7, 11) is -1.53. The first-order chi connectivity index (χ1) is 25.9. The third-order valence-corrected chi connectivity index (χ3v) is 19.5. The normalized spacial score (nSPS) is 11.8. The summed E-state index contributed by atoms with van der Waals surface area (Å²) in [4.78, 5) is 0. The van der Waals surface area contributed by atoms with Gasteiger partial charge >= 0.3 is 0 Å². The second-order valence-corrected chi connectivity index (χ2v) is 28.0. The molecule has 0 aliphatic rings. The summed E-state index contributed by atoms with van der Waals surface area (Å²) in [6, 6.07) is 58.6. The van der Waals surface area contributed by atoms with Gasteiger partial charge in [0.1, 0.15) is 11.5 Å². The van der Waals surface area contributed by atoms with Gasteiger partial charge in [-0.25, -0.2) is 0 Å². The van der Waals surface area contributed by atoms with E-state index in [2.05, 4.69) is 221 Å². The zero-order valence-electron chi connectivity index (χ0n) is 33.0. The SMILES string of the molecule is Cc1cccc(O[Si](C)(C)CC[Si](C)(C)Oc2cccc(C)c2N(C)P(c2ccccc2)c2ccccc2)c1N(C)P(c1ccccc1)c1ccccc1. The fourth-order valence-corrected chi connectivity index (χ4v) is 18.3. The molecule has 0 aliphatic carbocycles.